The minimum Gasteiger partial charge on any atom is -0.490 e. The summed E-state index contributed by atoms with van der Waals surface area (Å²) in [5.41, 5.74) is 6.11. The van der Waals surface area contributed by atoms with Gasteiger partial charge in [-0.05, 0) is 57.5 Å². The number of carbonyl (C=O) groups excluding carboxylic acids is 1. The van der Waals surface area contributed by atoms with Crippen molar-refractivity contribution < 1.29 is 33.0 Å². The second-order valence-electron chi connectivity index (χ2n) is 11.6. The Bertz CT molecular complexity index is 1120. The van der Waals surface area contributed by atoms with Crippen LogP contribution in [0.3, 0.4) is 0 Å². The van der Waals surface area contributed by atoms with E-state index in [1.54, 1.807) is 37.7 Å². The van der Waals surface area contributed by atoms with Gasteiger partial charge in [0.25, 0.3) is 0 Å². The summed E-state index contributed by atoms with van der Waals surface area (Å²) in [6, 6.07) is 4.24. The monoisotopic (exact) mass is 552 g/mol. The van der Waals surface area contributed by atoms with Crippen LogP contribution in [0, 0.1) is 5.82 Å². The molecule has 1 atom stereocenters. The van der Waals surface area contributed by atoms with Gasteiger partial charge in [-0.1, -0.05) is 20.8 Å². The lowest BCUT2D eigenvalue weighted by molar-refractivity contribution is -0.147. The van der Waals surface area contributed by atoms with Crippen LogP contribution < -0.4 is 15.8 Å². The molecular weight excluding hydrogens is 511 g/mol. The van der Waals surface area contributed by atoms with Crippen molar-refractivity contribution in [2.45, 2.75) is 84.3 Å². The van der Waals surface area contributed by atoms with Gasteiger partial charge in [0.05, 0.1) is 0 Å². The lowest BCUT2D eigenvalue weighted by Gasteiger charge is -2.38. The van der Waals surface area contributed by atoms with Crippen LogP contribution in [-0.4, -0.2) is 60.1 Å². The third-order valence-corrected chi connectivity index (χ3v) is 10.7. The molecule has 4 N–H and O–H groups in total. The van der Waals surface area contributed by atoms with Crippen molar-refractivity contribution in [3.63, 3.8) is 0 Å². The van der Waals surface area contributed by atoms with Gasteiger partial charge in [0.15, 0.2) is 20.2 Å². The molecule has 0 bridgehead atoms. The smallest absolute Gasteiger partial charge is 0.407 e. The number of aryl methyl sites for hydroxylation is 1. The molecule has 0 radical (unpaired) electrons. The summed E-state index contributed by atoms with van der Waals surface area (Å²) in [5.74, 6) is -1.38. The first-order chi connectivity index (χ1) is 17.4. The summed E-state index contributed by atoms with van der Waals surface area (Å²) in [6.45, 7) is 15.9. The molecule has 0 saturated carbocycles. The standard InChI is InChI=1S/C26H41FN4O6Si/c1-25(2,3)36-24(34)29-12-9-13-31-15-19(22(28)30-31)18-11-10-17(14-20(18)27)35-16-21(23(32)33)37-38(7,8)26(4,5)6/h10-11,14-15,21H,9,12-13,16H2,1-8H3,(H2,28,30)(H,29,34)(H,32,33)/t21-/m1/s1. The number of halogens is 1. The number of nitrogens with one attached hydrogen (secondary N) is 1. The molecule has 38 heavy (non-hydrogen) atoms. The highest BCUT2D eigenvalue weighted by atomic mass is 28.4. The first-order valence-electron chi connectivity index (χ1n) is 12.5. The molecule has 1 aromatic carbocycles. The molecule has 1 aromatic heterocycles. The predicted octanol–water partition coefficient (Wildman–Crippen LogP) is 5.04. The normalized spacial score (nSPS) is 13.2. The van der Waals surface area contributed by atoms with Crippen LogP contribution in [0.25, 0.3) is 11.1 Å². The lowest BCUT2D eigenvalue weighted by Crippen LogP contribution is -2.47. The van der Waals surface area contributed by atoms with Gasteiger partial charge in [-0.15, -0.1) is 0 Å². The van der Waals surface area contributed by atoms with Crippen LogP contribution in [0.1, 0.15) is 48.0 Å². The molecule has 0 saturated heterocycles. The zero-order valence-electron chi connectivity index (χ0n) is 23.6. The Morgan fingerprint density at radius 2 is 1.84 bits per heavy atom. The molecule has 12 heteroatoms. The van der Waals surface area contributed by atoms with Crippen molar-refractivity contribution in [1.82, 2.24) is 15.1 Å². The molecular formula is C26H41FN4O6Si. The molecule has 0 aliphatic carbocycles. The number of carboxylic acids is 1. The number of hydrogen-bond acceptors (Lipinski definition) is 7. The maximum Gasteiger partial charge on any atom is 0.407 e. The van der Waals surface area contributed by atoms with Crippen molar-refractivity contribution >= 4 is 26.2 Å². The summed E-state index contributed by atoms with van der Waals surface area (Å²) in [4.78, 5) is 23.5. The van der Waals surface area contributed by atoms with Crippen molar-refractivity contribution in [2.75, 3.05) is 18.9 Å². The average Bonchev–Trinajstić information content (AvgIpc) is 3.12. The molecule has 0 fully saturated rings. The number of anilines is 1. The van der Waals surface area contributed by atoms with Crippen molar-refractivity contribution in [3.8, 4) is 16.9 Å². The zero-order valence-corrected chi connectivity index (χ0v) is 24.6. The number of alkyl carbamates (subject to hydrolysis) is 1. The maximum absolute atomic E-state index is 15.0. The van der Waals surface area contributed by atoms with Gasteiger partial charge in [0, 0.05) is 36.5 Å². The second kappa shape index (κ2) is 12.2. The zero-order chi connectivity index (χ0) is 28.9. The molecule has 0 spiro atoms. The fourth-order valence-corrected chi connectivity index (χ4v) is 4.40. The molecule has 1 amide bonds. The summed E-state index contributed by atoms with van der Waals surface area (Å²) in [7, 11) is -2.35. The van der Waals surface area contributed by atoms with Gasteiger partial charge in [0.1, 0.15) is 23.8 Å². The van der Waals surface area contributed by atoms with Crippen LogP contribution in [-0.2, 0) is 20.5 Å². The number of aliphatic carboxylic acids is 1. The molecule has 2 aromatic rings. The summed E-state index contributed by atoms with van der Waals surface area (Å²) < 4.78 is 33.3. The fourth-order valence-electron chi connectivity index (χ4n) is 3.17. The number of nitrogens with zero attached hydrogens (tertiary/aromatic N) is 2. The quantitative estimate of drug-likeness (QED) is 0.260. The number of aromatic nitrogens is 2. The highest BCUT2D eigenvalue weighted by Gasteiger charge is 2.41. The van der Waals surface area contributed by atoms with E-state index in [1.807, 2.05) is 33.9 Å². The molecule has 2 rings (SSSR count). The number of ether oxygens (including phenoxy) is 2. The Balaban J connectivity index is 2.00. The maximum atomic E-state index is 15.0. The number of nitrogen functional groups attached to an aromatic ring is 1. The number of carboxylic acid groups (broad SMARTS) is 1. The first-order valence-corrected chi connectivity index (χ1v) is 15.4. The molecule has 0 aliphatic rings. The van der Waals surface area contributed by atoms with Crippen LogP contribution >= 0.6 is 0 Å². The topological polar surface area (TPSA) is 138 Å². The summed E-state index contributed by atoms with van der Waals surface area (Å²) in [5, 5.41) is 16.3. The van der Waals surface area contributed by atoms with Crippen molar-refractivity contribution in [1.29, 1.82) is 0 Å². The molecule has 0 aliphatic heterocycles. The SMILES string of the molecule is CC(C)(C)OC(=O)NCCCn1cc(-c2ccc(OC[C@@H](O[Si](C)(C)C(C)(C)C)C(=O)O)cc2F)c(N)n1. The van der Waals surface area contributed by atoms with E-state index in [2.05, 4.69) is 10.4 Å². The van der Waals surface area contributed by atoms with Gasteiger partial charge >= 0.3 is 12.1 Å². The Labute approximate surface area is 224 Å². The van der Waals surface area contributed by atoms with Crippen molar-refractivity contribution in [3.05, 3.63) is 30.2 Å². The largest absolute Gasteiger partial charge is 0.490 e. The Kier molecular flexibility index (Phi) is 9.95. The predicted molar refractivity (Wildman–Crippen MR) is 146 cm³/mol. The van der Waals surface area contributed by atoms with Gasteiger partial charge in [-0.25, -0.2) is 14.0 Å². The van der Waals surface area contributed by atoms with E-state index in [4.69, 9.17) is 19.6 Å². The summed E-state index contributed by atoms with van der Waals surface area (Å²) in [6.07, 6.45) is 0.535. The minimum atomic E-state index is -2.35. The third-order valence-electron chi connectivity index (χ3n) is 6.17. The number of carbonyl (C=O) groups is 2. The Morgan fingerprint density at radius 1 is 1.18 bits per heavy atom. The van der Waals surface area contributed by atoms with E-state index in [9.17, 15) is 19.1 Å². The van der Waals surface area contributed by atoms with Crippen LogP contribution in [0.5, 0.6) is 5.75 Å². The summed E-state index contributed by atoms with van der Waals surface area (Å²) >= 11 is 0. The third kappa shape index (κ3) is 9.01. The molecule has 212 valence electrons. The number of nitrogens with two attached hydrogens (primary N) is 1. The highest BCUT2D eigenvalue weighted by Crippen LogP contribution is 2.37. The van der Waals surface area contributed by atoms with E-state index >= 15 is 0 Å². The van der Waals surface area contributed by atoms with Gasteiger partial charge in [-0.2, -0.15) is 5.10 Å². The van der Waals surface area contributed by atoms with E-state index in [0.29, 0.717) is 25.1 Å². The van der Waals surface area contributed by atoms with Gasteiger partial charge in [0.2, 0.25) is 0 Å². The van der Waals surface area contributed by atoms with Crippen molar-refractivity contribution in [2.24, 2.45) is 0 Å². The van der Waals surface area contributed by atoms with Gasteiger partial charge < -0.3 is 30.1 Å². The fraction of sp³-hybridized carbons (Fsp3) is 0.577. The average molecular weight is 553 g/mol. The van der Waals surface area contributed by atoms with E-state index < -0.39 is 37.9 Å². The molecule has 0 unspecified atom stereocenters. The van der Waals surface area contributed by atoms with E-state index in [1.165, 1.54) is 12.1 Å². The number of rotatable bonds is 11. The second-order valence-corrected chi connectivity index (χ2v) is 16.4. The molecule has 10 nitrogen and oxygen atoms in total. The van der Waals surface area contributed by atoms with Crippen LogP contribution in [0.2, 0.25) is 18.1 Å². The Hall–Kier alpha value is -3.12. The highest BCUT2D eigenvalue weighted by molar-refractivity contribution is 6.74. The van der Waals surface area contributed by atoms with E-state index in [-0.39, 0.29) is 28.8 Å². The minimum absolute atomic E-state index is 0.159. The Morgan fingerprint density at radius 3 is 2.39 bits per heavy atom. The number of benzene rings is 1. The van der Waals surface area contributed by atoms with Gasteiger partial charge in [-0.3, -0.25) is 4.68 Å². The van der Waals surface area contributed by atoms with Crippen LogP contribution in [0.4, 0.5) is 15.0 Å². The lowest BCUT2D eigenvalue weighted by atomic mass is 10.1. The van der Waals surface area contributed by atoms with E-state index in [0.717, 1.165) is 0 Å². The van der Waals surface area contributed by atoms with Crippen LogP contribution in [0.15, 0.2) is 24.4 Å². The number of hydrogen-bond donors (Lipinski definition) is 3. The number of amides is 1. The first kappa shape index (κ1) is 31.1. The molecule has 1 heterocycles.